The largest absolute Gasteiger partial charge is 0.325 e. The first-order valence-electron chi connectivity index (χ1n) is 4.37. The van der Waals surface area contributed by atoms with Crippen LogP contribution in [0.15, 0.2) is 23.7 Å². The number of thiazole rings is 1. The lowest BCUT2D eigenvalue weighted by molar-refractivity contribution is 1.01. The van der Waals surface area contributed by atoms with Crippen molar-refractivity contribution < 1.29 is 0 Å². The summed E-state index contributed by atoms with van der Waals surface area (Å²) in [5.74, 6) is 0. The standard InChI is InChI=1S/C10H11N3S/c1-7-3-2-4-12-9(7)10-13-8(5-11)6-14-10/h2-4,6H,5,11H2,1H3. The van der Waals surface area contributed by atoms with E-state index in [4.69, 9.17) is 5.73 Å². The van der Waals surface area contributed by atoms with E-state index in [0.717, 1.165) is 22.0 Å². The lowest BCUT2D eigenvalue weighted by Crippen LogP contribution is -1.96. The number of aromatic nitrogens is 2. The predicted molar refractivity (Wildman–Crippen MR) is 58.0 cm³/mol. The molecule has 0 fully saturated rings. The van der Waals surface area contributed by atoms with Crippen LogP contribution in [0.1, 0.15) is 11.3 Å². The molecule has 4 heteroatoms. The van der Waals surface area contributed by atoms with E-state index < -0.39 is 0 Å². The first-order chi connectivity index (χ1) is 6.81. The summed E-state index contributed by atoms with van der Waals surface area (Å²) in [4.78, 5) is 8.69. The van der Waals surface area contributed by atoms with Crippen molar-refractivity contribution in [2.24, 2.45) is 5.73 Å². The lowest BCUT2D eigenvalue weighted by Gasteiger charge is -1.98. The molecule has 0 aliphatic heterocycles. The molecular formula is C10H11N3S. The number of hydrogen-bond acceptors (Lipinski definition) is 4. The predicted octanol–water partition coefficient (Wildman–Crippen LogP) is 1.97. The second-order valence-corrected chi connectivity index (χ2v) is 3.88. The van der Waals surface area contributed by atoms with Crippen molar-refractivity contribution in [2.75, 3.05) is 0 Å². The van der Waals surface area contributed by atoms with Gasteiger partial charge in [-0.2, -0.15) is 0 Å². The molecule has 0 saturated heterocycles. The van der Waals surface area contributed by atoms with Crippen molar-refractivity contribution in [3.05, 3.63) is 35.0 Å². The van der Waals surface area contributed by atoms with Gasteiger partial charge < -0.3 is 5.73 Å². The first kappa shape index (κ1) is 9.30. The monoisotopic (exact) mass is 205 g/mol. The summed E-state index contributed by atoms with van der Waals surface area (Å²) < 4.78 is 0. The van der Waals surface area contributed by atoms with Crippen LogP contribution in [0.4, 0.5) is 0 Å². The number of rotatable bonds is 2. The number of pyridine rings is 1. The third kappa shape index (κ3) is 1.66. The van der Waals surface area contributed by atoms with Crippen molar-refractivity contribution in [1.82, 2.24) is 9.97 Å². The quantitative estimate of drug-likeness (QED) is 0.815. The molecule has 2 N–H and O–H groups in total. The maximum absolute atomic E-state index is 5.50. The summed E-state index contributed by atoms with van der Waals surface area (Å²) in [6.45, 7) is 2.52. The summed E-state index contributed by atoms with van der Waals surface area (Å²) in [5, 5.41) is 2.92. The maximum atomic E-state index is 5.50. The SMILES string of the molecule is Cc1cccnc1-c1nc(CN)cs1. The fourth-order valence-corrected chi connectivity index (χ4v) is 2.11. The van der Waals surface area contributed by atoms with E-state index in [-0.39, 0.29) is 0 Å². The van der Waals surface area contributed by atoms with Crippen molar-refractivity contribution in [3.63, 3.8) is 0 Å². The fraction of sp³-hybridized carbons (Fsp3) is 0.200. The number of nitrogens with two attached hydrogens (primary N) is 1. The minimum atomic E-state index is 0.488. The fourth-order valence-electron chi connectivity index (χ4n) is 1.22. The van der Waals surface area contributed by atoms with E-state index in [1.54, 1.807) is 17.5 Å². The number of aryl methyl sites for hydroxylation is 1. The van der Waals surface area contributed by atoms with Crippen LogP contribution in [-0.2, 0) is 6.54 Å². The van der Waals surface area contributed by atoms with Gasteiger partial charge in [0.05, 0.1) is 5.69 Å². The van der Waals surface area contributed by atoms with E-state index in [2.05, 4.69) is 9.97 Å². The van der Waals surface area contributed by atoms with Crippen LogP contribution in [-0.4, -0.2) is 9.97 Å². The Hall–Kier alpha value is -1.26. The molecule has 14 heavy (non-hydrogen) atoms. The highest BCUT2D eigenvalue weighted by atomic mass is 32.1. The third-order valence-electron chi connectivity index (χ3n) is 1.97. The van der Waals surface area contributed by atoms with Crippen LogP contribution >= 0.6 is 11.3 Å². The molecule has 0 aliphatic carbocycles. The molecule has 2 rings (SSSR count). The Balaban J connectivity index is 2.44. The molecule has 0 aromatic carbocycles. The van der Waals surface area contributed by atoms with E-state index in [1.165, 1.54) is 0 Å². The zero-order chi connectivity index (χ0) is 9.97. The Morgan fingerprint density at radius 1 is 1.50 bits per heavy atom. The van der Waals surface area contributed by atoms with Gasteiger partial charge in [0.2, 0.25) is 0 Å². The van der Waals surface area contributed by atoms with Gasteiger partial charge in [0.1, 0.15) is 10.7 Å². The Morgan fingerprint density at radius 2 is 2.36 bits per heavy atom. The Bertz CT molecular complexity index is 436. The second-order valence-electron chi connectivity index (χ2n) is 3.02. The van der Waals surface area contributed by atoms with Gasteiger partial charge in [0.15, 0.2) is 0 Å². The van der Waals surface area contributed by atoms with Gasteiger partial charge in [-0.05, 0) is 18.6 Å². The summed E-state index contributed by atoms with van der Waals surface area (Å²) in [6.07, 6.45) is 1.78. The highest BCUT2D eigenvalue weighted by Gasteiger charge is 2.06. The molecule has 0 saturated carbocycles. The van der Waals surface area contributed by atoms with Gasteiger partial charge in [0, 0.05) is 18.1 Å². The van der Waals surface area contributed by atoms with Crippen molar-refractivity contribution in [2.45, 2.75) is 13.5 Å². The average molecular weight is 205 g/mol. The minimum Gasteiger partial charge on any atom is -0.325 e. The third-order valence-corrected chi connectivity index (χ3v) is 2.87. The van der Waals surface area contributed by atoms with E-state index >= 15 is 0 Å². The highest BCUT2D eigenvalue weighted by Crippen LogP contribution is 2.23. The minimum absolute atomic E-state index is 0.488. The molecule has 0 aliphatic rings. The van der Waals surface area contributed by atoms with Crippen molar-refractivity contribution in [1.29, 1.82) is 0 Å². The van der Waals surface area contributed by atoms with Gasteiger partial charge >= 0.3 is 0 Å². The molecule has 72 valence electrons. The summed E-state index contributed by atoms with van der Waals surface area (Å²) in [7, 11) is 0. The Labute approximate surface area is 86.6 Å². The molecule has 0 amide bonds. The van der Waals surface area contributed by atoms with E-state index in [0.29, 0.717) is 6.54 Å². The number of nitrogens with zero attached hydrogens (tertiary/aromatic N) is 2. The van der Waals surface area contributed by atoms with Gasteiger partial charge in [-0.1, -0.05) is 6.07 Å². The van der Waals surface area contributed by atoms with Crippen molar-refractivity contribution in [3.8, 4) is 10.7 Å². The van der Waals surface area contributed by atoms with Crippen LogP contribution in [0.3, 0.4) is 0 Å². The molecule has 3 nitrogen and oxygen atoms in total. The second kappa shape index (κ2) is 3.86. The smallest absolute Gasteiger partial charge is 0.142 e. The maximum Gasteiger partial charge on any atom is 0.142 e. The normalized spacial score (nSPS) is 10.4. The molecule has 0 atom stereocenters. The van der Waals surface area contributed by atoms with E-state index in [9.17, 15) is 0 Å². The molecule has 0 spiro atoms. The van der Waals surface area contributed by atoms with Crippen LogP contribution in [0.25, 0.3) is 10.7 Å². The Morgan fingerprint density at radius 3 is 3.00 bits per heavy atom. The zero-order valence-corrected chi connectivity index (χ0v) is 8.71. The summed E-state index contributed by atoms with van der Waals surface area (Å²) in [6, 6.07) is 3.96. The topological polar surface area (TPSA) is 51.8 Å². The van der Waals surface area contributed by atoms with Gasteiger partial charge in [-0.15, -0.1) is 11.3 Å². The van der Waals surface area contributed by atoms with Gasteiger partial charge in [0.25, 0.3) is 0 Å². The lowest BCUT2D eigenvalue weighted by atomic mass is 10.2. The molecule has 2 aromatic heterocycles. The average Bonchev–Trinajstić information content (AvgIpc) is 2.67. The highest BCUT2D eigenvalue weighted by molar-refractivity contribution is 7.13. The van der Waals surface area contributed by atoms with E-state index in [1.807, 2.05) is 24.4 Å². The molecule has 0 bridgehead atoms. The van der Waals surface area contributed by atoms with Crippen LogP contribution in [0.5, 0.6) is 0 Å². The molecule has 0 unspecified atom stereocenters. The molecular weight excluding hydrogens is 194 g/mol. The van der Waals surface area contributed by atoms with Crippen LogP contribution in [0, 0.1) is 6.92 Å². The van der Waals surface area contributed by atoms with Gasteiger partial charge in [-0.3, -0.25) is 4.98 Å². The zero-order valence-electron chi connectivity index (χ0n) is 7.90. The summed E-state index contributed by atoms with van der Waals surface area (Å²) >= 11 is 1.59. The van der Waals surface area contributed by atoms with Crippen molar-refractivity contribution >= 4 is 11.3 Å². The molecule has 2 aromatic rings. The molecule has 0 radical (unpaired) electrons. The van der Waals surface area contributed by atoms with Gasteiger partial charge in [-0.25, -0.2) is 4.98 Å². The van der Waals surface area contributed by atoms with Crippen LogP contribution < -0.4 is 5.73 Å². The van der Waals surface area contributed by atoms with Crippen LogP contribution in [0.2, 0.25) is 0 Å². The number of hydrogen-bond donors (Lipinski definition) is 1. The Kier molecular flexibility index (Phi) is 2.56. The summed E-state index contributed by atoms with van der Waals surface area (Å²) in [5.41, 5.74) is 8.53. The molecule has 2 heterocycles. The first-order valence-corrected chi connectivity index (χ1v) is 5.25.